The second kappa shape index (κ2) is 6.33. The molecule has 98 valence electrons. The van der Waals surface area contributed by atoms with Crippen LogP contribution in [-0.2, 0) is 5.33 Å². The molecule has 0 radical (unpaired) electrons. The van der Waals surface area contributed by atoms with Crippen molar-refractivity contribution in [2.45, 2.75) is 5.33 Å². The summed E-state index contributed by atoms with van der Waals surface area (Å²) in [5, 5.41) is 3.55. The fourth-order valence-corrected chi connectivity index (χ4v) is 1.90. The molecule has 1 amide bonds. The van der Waals surface area contributed by atoms with Crippen LogP contribution in [0.2, 0.25) is 0 Å². The first-order valence-corrected chi connectivity index (χ1v) is 6.81. The van der Waals surface area contributed by atoms with E-state index in [-0.39, 0.29) is 5.91 Å². The summed E-state index contributed by atoms with van der Waals surface area (Å²) < 4.78 is 4.96. The lowest BCUT2D eigenvalue weighted by Crippen LogP contribution is -2.11. The SMILES string of the molecule is COc1ccc(NC(=O)c2ccc(CBr)cc2)cn1. The fraction of sp³-hybridized carbons (Fsp3) is 0.143. The first-order valence-electron chi connectivity index (χ1n) is 5.69. The Hall–Kier alpha value is -1.88. The third-order valence-corrected chi connectivity index (χ3v) is 3.22. The van der Waals surface area contributed by atoms with Crippen molar-refractivity contribution >= 4 is 27.5 Å². The normalized spacial score (nSPS) is 10.0. The Kier molecular flexibility index (Phi) is 4.52. The molecule has 0 bridgehead atoms. The van der Waals surface area contributed by atoms with Crippen molar-refractivity contribution in [2.24, 2.45) is 0 Å². The van der Waals surface area contributed by atoms with Crippen molar-refractivity contribution in [1.82, 2.24) is 4.98 Å². The number of benzene rings is 1. The Morgan fingerprint density at radius 3 is 2.53 bits per heavy atom. The summed E-state index contributed by atoms with van der Waals surface area (Å²) in [5.74, 6) is 0.354. The van der Waals surface area contributed by atoms with Gasteiger partial charge in [-0.05, 0) is 23.8 Å². The van der Waals surface area contributed by atoms with E-state index in [9.17, 15) is 4.79 Å². The smallest absolute Gasteiger partial charge is 0.255 e. The van der Waals surface area contributed by atoms with Gasteiger partial charge < -0.3 is 10.1 Å². The van der Waals surface area contributed by atoms with Gasteiger partial charge in [-0.25, -0.2) is 4.98 Å². The topological polar surface area (TPSA) is 51.2 Å². The van der Waals surface area contributed by atoms with Gasteiger partial charge in [0.05, 0.1) is 19.0 Å². The van der Waals surface area contributed by atoms with Crippen molar-refractivity contribution < 1.29 is 9.53 Å². The van der Waals surface area contributed by atoms with Gasteiger partial charge in [-0.1, -0.05) is 28.1 Å². The van der Waals surface area contributed by atoms with Crippen LogP contribution in [0.3, 0.4) is 0 Å². The van der Waals surface area contributed by atoms with Crippen LogP contribution in [-0.4, -0.2) is 18.0 Å². The van der Waals surface area contributed by atoms with E-state index in [0.29, 0.717) is 17.1 Å². The number of aromatic nitrogens is 1. The number of nitrogens with one attached hydrogen (secondary N) is 1. The molecule has 0 aliphatic heterocycles. The highest BCUT2D eigenvalue weighted by Crippen LogP contribution is 2.13. The first-order chi connectivity index (χ1) is 9.22. The van der Waals surface area contributed by atoms with E-state index in [0.717, 1.165) is 10.9 Å². The third kappa shape index (κ3) is 3.54. The quantitative estimate of drug-likeness (QED) is 0.880. The Balaban J connectivity index is 2.06. The summed E-state index contributed by atoms with van der Waals surface area (Å²) in [6.45, 7) is 0. The van der Waals surface area contributed by atoms with Crippen molar-refractivity contribution in [1.29, 1.82) is 0 Å². The molecule has 1 aromatic carbocycles. The molecule has 1 N–H and O–H groups in total. The first kappa shape index (κ1) is 13.5. The summed E-state index contributed by atoms with van der Waals surface area (Å²) >= 11 is 3.37. The largest absolute Gasteiger partial charge is 0.481 e. The minimum absolute atomic E-state index is 0.159. The Bertz CT molecular complexity index is 553. The number of methoxy groups -OCH3 is 1. The molecule has 0 aliphatic rings. The molecule has 2 aromatic rings. The number of anilines is 1. The van der Waals surface area contributed by atoms with Gasteiger partial charge in [-0.3, -0.25) is 4.79 Å². The van der Waals surface area contributed by atoms with E-state index in [1.165, 1.54) is 0 Å². The summed E-state index contributed by atoms with van der Waals surface area (Å²) in [6.07, 6.45) is 1.56. The number of halogens is 1. The van der Waals surface area contributed by atoms with E-state index < -0.39 is 0 Å². The molecule has 2 rings (SSSR count). The molecule has 0 aliphatic carbocycles. The maximum Gasteiger partial charge on any atom is 0.255 e. The van der Waals surface area contributed by atoms with Crippen molar-refractivity contribution in [3.63, 3.8) is 0 Å². The molecule has 4 nitrogen and oxygen atoms in total. The van der Waals surface area contributed by atoms with Crippen LogP contribution in [0, 0.1) is 0 Å². The predicted molar refractivity (Wildman–Crippen MR) is 77.8 cm³/mol. The number of carbonyl (C=O) groups is 1. The Morgan fingerprint density at radius 1 is 1.26 bits per heavy atom. The number of hydrogen-bond donors (Lipinski definition) is 1. The molecule has 0 spiro atoms. The number of rotatable bonds is 4. The lowest BCUT2D eigenvalue weighted by Gasteiger charge is -2.06. The highest BCUT2D eigenvalue weighted by molar-refractivity contribution is 9.08. The van der Waals surface area contributed by atoms with E-state index >= 15 is 0 Å². The zero-order chi connectivity index (χ0) is 13.7. The highest BCUT2D eigenvalue weighted by atomic mass is 79.9. The van der Waals surface area contributed by atoms with Gasteiger partial charge in [-0.2, -0.15) is 0 Å². The van der Waals surface area contributed by atoms with Gasteiger partial charge >= 0.3 is 0 Å². The van der Waals surface area contributed by atoms with Crippen LogP contribution in [0.5, 0.6) is 5.88 Å². The maximum absolute atomic E-state index is 12.0. The van der Waals surface area contributed by atoms with Gasteiger partial charge in [0.25, 0.3) is 5.91 Å². The number of hydrogen-bond acceptors (Lipinski definition) is 3. The Labute approximate surface area is 119 Å². The molecule has 0 atom stereocenters. The lowest BCUT2D eigenvalue weighted by atomic mass is 10.1. The van der Waals surface area contributed by atoms with Crippen LogP contribution < -0.4 is 10.1 Å². The van der Waals surface area contributed by atoms with E-state index in [2.05, 4.69) is 26.2 Å². The second-order valence-electron chi connectivity index (χ2n) is 3.87. The molecular formula is C14H13BrN2O2. The number of pyridine rings is 1. The van der Waals surface area contributed by atoms with Crippen molar-refractivity contribution in [3.05, 3.63) is 53.7 Å². The second-order valence-corrected chi connectivity index (χ2v) is 4.43. The van der Waals surface area contributed by atoms with Gasteiger partial charge in [0.15, 0.2) is 0 Å². The number of amides is 1. The van der Waals surface area contributed by atoms with Crippen molar-refractivity contribution in [3.8, 4) is 5.88 Å². The van der Waals surface area contributed by atoms with E-state index in [1.807, 2.05) is 12.1 Å². The van der Waals surface area contributed by atoms with Gasteiger partial charge in [0, 0.05) is 17.0 Å². The minimum atomic E-state index is -0.159. The number of alkyl halides is 1. The van der Waals surface area contributed by atoms with Crippen LogP contribution in [0.25, 0.3) is 0 Å². The van der Waals surface area contributed by atoms with E-state index in [4.69, 9.17) is 4.74 Å². The van der Waals surface area contributed by atoms with Gasteiger partial charge in [0.2, 0.25) is 5.88 Å². The summed E-state index contributed by atoms with van der Waals surface area (Å²) in [5.41, 5.74) is 2.37. The molecule has 1 aromatic heterocycles. The highest BCUT2D eigenvalue weighted by Gasteiger charge is 2.06. The standard InChI is InChI=1S/C14H13BrN2O2/c1-19-13-7-6-12(9-16-13)17-14(18)11-4-2-10(8-15)3-5-11/h2-7,9H,8H2,1H3,(H,17,18). The van der Waals surface area contributed by atoms with Gasteiger partial charge in [0.1, 0.15) is 0 Å². The lowest BCUT2D eigenvalue weighted by molar-refractivity contribution is 0.102. The molecule has 19 heavy (non-hydrogen) atoms. The fourth-order valence-electron chi connectivity index (χ4n) is 1.52. The number of ether oxygens (including phenoxy) is 1. The third-order valence-electron chi connectivity index (χ3n) is 2.57. The molecule has 0 saturated heterocycles. The average molecular weight is 321 g/mol. The molecule has 0 saturated carbocycles. The van der Waals surface area contributed by atoms with Crippen LogP contribution in [0.1, 0.15) is 15.9 Å². The number of nitrogens with zero attached hydrogens (tertiary/aromatic N) is 1. The van der Waals surface area contributed by atoms with E-state index in [1.54, 1.807) is 37.6 Å². The van der Waals surface area contributed by atoms with Crippen LogP contribution >= 0.6 is 15.9 Å². The number of carbonyl (C=O) groups excluding carboxylic acids is 1. The zero-order valence-corrected chi connectivity index (χ0v) is 12.0. The molecule has 0 fully saturated rings. The van der Waals surface area contributed by atoms with Crippen molar-refractivity contribution in [2.75, 3.05) is 12.4 Å². The van der Waals surface area contributed by atoms with Crippen LogP contribution in [0.15, 0.2) is 42.6 Å². The molecule has 5 heteroatoms. The summed E-state index contributed by atoms with van der Waals surface area (Å²) in [4.78, 5) is 16.0. The Morgan fingerprint density at radius 2 is 2.00 bits per heavy atom. The molecule has 0 unspecified atom stereocenters. The summed E-state index contributed by atoms with van der Waals surface area (Å²) in [6, 6.07) is 10.9. The predicted octanol–water partition coefficient (Wildman–Crippen LogP) is 3.24. The van der Waals surface area contributed by atoms with Gasteiger partial charge in [-0.15, -0.1) is 0 Å². The zero-order valence-electron chi connectivity index (χ0n) is 10.4. The monoisotopic (exact) mass is 320 g/mol. The van der Waals surface area contributed by atoms with Crippen LogP contribution in [0.4, 0.5) is 5.69 Å². The minimum Gasteiger partial charge on any atom is -0.481 e. The maximum atomic E-state index is 12.0. The average Bonchev–Trinajstić information content (AvgIpc) is 2.48. The molecule has 1 heterocycles. The molecular weight excluding hydrogens is 308 g/mol. The summed E-state index contributed by atoms with van der Waals surface area (Å²) in [7, 11) is 1.55.